The molecule has 0 bridgehead atoms. The molecular formula is C24H25IN2O5S. The van der Waals surface area contributed by atoms with E-state index < -0.39 is 5.97 Å². The summed E-state index contributed by atoms with van der Waals surface area (Å²) >= 11 is 3.51. The highest BCUT2D eigenvalue weighted by Crippen LogP contribution is 2.38. The number of halogens is 1. The molecule has 0 unspecified atom stereocenters. The number of thioether (sulfide) groups is 1. The number of aromatic carboxylic acids is 1. The van der Waals surface area contributed by atoms with Gasteiger partial charge in [0.25, 0.3) is 5.91 Å². The van der Waals surface area contributed by atoms with E-state index in [1.54, 1.807) is 17.0 Å². The van der Waals surface area contributed by atoms with Crippen LogP contribution >= 0.6 is 34.4 Å². The van der Waals surface area contributed by atoms with Crippen LogP contribution in [0.2, 0.25) is 0 Å². The van der Waals surface area contributed by atoms with Crippen LogP contribution in [0.25, 0.3) is 6.08 Å². The minimum Gasteiger partial charge on any atom is -0.490 e. The maximum absolute atomic E-state index is 13.0. The normalized spacial score (nSPS) is 16.0. The molecule has 0 aliphatic carbocycles. The molecule has 2 aromatic carbocycles. The molecular weight excluding hydrogens is 555 g/mol. The van der Waals surface area contributed by atoms with Gasteiger partial charge in [-0.25, -0.2) is 9.79 Å². The molecule has 1 amide bonds. The molecule has 3 rings (SSSR count). The number of ether oxygens (including phenoxy) is 2. The molecule has 2 aromatic rings. The van der Waals surface area contributed by atoms with Gasteiger partial charge in [-0.15, -0.1) is 0 Å². The van der Waals surface area contributed by atoms with Crippen LogP contribution in [0.1, 0.15) is 43.1 Å². The van der Waals surface area contributed by atoms with Gasteiger partial charge in [0.2, 0.25) is 0 Å². The third kappa shape index (κ3) is 6.08. The molecule has 1 N–H and O–H groups in total. The lowest BCUT2D eigenvalue weighted by atomic mass is 10.2. The number of likely N-dealkylation sites (N-methyl/N-ethyl adjacent to an activating group) is 1. The van der Waals surface area contributed by atoms with E-state index in [4.69, 9.17) is 14.6 Å². The zero-order valence-corrected chi connectivity index (χ0v) is 21.6. The first-order chi connectivity index (χ1) is 15.9. The number of rotatable bonds is 9. The average molecular weight is 580 g/mol. The van der Waals surface area contributed by atoms with Crippen molar-refractivity contribution in [2.45, 2.75) is 27.2 Å². The molecule has 1 fully saturated rings. The van der Waals surface area contributed by atoms with E-state index in [9.17, 15) is 9.59 Å². The lowest BCUT2D eigenvalue weighted by Crippen LogP contribution is -2.28. The highest BCUT2D eigenvalue weighted by atomic mass is 127. The SMILES string of the molecule is CCCOc1c(I)cc(/C=C2/SC(=Nc3ccc(C(=O)O)cc3)N(CC)C2=O)cc1OCC. The van der Waals surface area contributed by atoms with Crippen LogP contribution in [0, 0.1) is 3.57 Å². The number of carboxylic acids is 1. The number of hydrogen-bond donors (Lipinski definition) is 1. The Labute approximate surface area is 211 Å². The van der Waals surface area contributed by atoms with Crippen molar-refractivity contribution in [3.63, 3.8) is 0 Å². The molecule has 0 atom stereocenters. The summed E-state index contributed by atoms with van der Waals surface area (Å²) in [5.74, 6) is 0.254. The Morgan fingerprint density at radius 1 is 1.18 bits per heavy atom. The van der Waals surface area contributed by atoms with Crippen LogP contribution in [-0.2, 0) is 4.79 Å². The molecule has 9 heteroatoms. The van der Waals surface area contributed by atoms with Crippen LogP contribution in [0.3, 0.4) is 0 Å². The van der Waals surface area contributed by atoms with Crippen LogP contribution in [0.15, 0.2) is 46.3 Å². The standard InChI is InChI=1S/C24H25IN2O5S/c1-4-11-32-21-18(25)12-15(13-19(21)31-6-3)14-20-22(28)27(5-2)24(33-20)26-17-9-7-16(8-10-17)23(29)30/h7-10,12-14H,4-6,11H2,1-3H3,(H,29,30)/b20-14+,26-24?. The van der Waals surface area contributed by atoms with Crippen molar-refractivity contribution in [1.82, 2.24) is 4.90 Å². The Morgan fingerprint density at radius 3 is 2.52 bits per heavy atom. The highest BCUT2D eigenvalue weighted by molar-refractivity contribution is 14.1. The third-order valence-corrected chi connectivity index (χ3v) is 6.43. The first-order valence-corrected chi connectivity index (χ1v) is 12.5. The lowest BCUT2D eigenvalue weighted by Gasteiger charge is -2.14. The predicted octanol–water partition coefficient (Wildman–Crippen LogP) is 5.80. The fourth-order valence-electron chi connectivity index (χ4n) is 3.09. The molecule has 0 radical (unpaired) electrons. The maximum atomic E-state index is 13.0. The van der Waals surface area contributed by atoms with Gasteiger partial charge in [0, 0.05) is 6.54 Å². The van der Waals surface area contributed by atoms with Gasteiger partial charge in [-0.2, -0.15) is 0 Å². The summed E-state index contributed by atoms with van der Waals surface area (Å²) in [6.45, 7) is 7.44. The number of nitrogens with zero attached hydrogens (tertiary/aromatic N) is 2. The monoisotopic (exact) mass is 580 g/mol. The van der Waals surface area contributed by atoms with Gasteiger partial charge in [-0.05, 0) is 103 Å². The second kappa shape index (κ2) is 11.6. The van der Waals surface area contributed by atoms with Gasteiger partial charge in [0.1, 0.15) is 0 Å². The minimum atomic E-state index is -0.993. The van der Waals surface area contributed by atoms with Gasteiger partial charge in [0.05, 0.1) is 32.9 Å². The molecule has 1 aliphatic rings. The Hall–Kier alpha value is -2.53. The van der Waals surface area contributed by atoms with Crippen molar-refractivity contribution in [2.24, 2.45) is 4.99 Å². The summed E-state index contributed by atoms with van der Waals surface area (Å²) < 4.78 is 12.6. The summed E-state index contributed by atoms with van der Waals surface area (Å²) in [4.78, 5) is 30.8. The number of benzene rings is 2. The molecule has 7 nitrogen and oxygen atoms in total. The number of amides is 1. The van der Waals surface area contributed by atoms with Crippen molar-refractivity contribution in [2.75, 3.05) is 19.8 Å². The van der Waals surface area contributed by atoms with Crippen molar-refractivity contribution in [3.05, 3.63) is 56.0 Å². The average Bonchev–Trinajstić information content (AvgIpc) is 3.07. The van der Waals surface area contributed by atoms with Crippen LogP contribution < -0.4 is 9.47 Å². The van der Waals surface area contributed by atoms with E-state index in [1.807, 2.05) is 39.0 Å². The Balaban J connectivity index is 1.92. The molecule has 33 heavy (non-hydrogen) atoms. The zero-order valence-electron chi connectivity index (χ0n) is 18.6. The summed E-state index contributed by atoms with van der Waals surface area (Å²) in [6.07, 6.45) is 2.73. The third-order valence-electron chi connectivity index (χ3n) is 4.62. The highest BCUT2D eigenvalue weighted by Gasteiger charge is 2.32. The lowest BCUT2D eigenvalue weighted by molar-refractivity contribution is -0.122. The van der Waals surface area contributed by atoms with Crippen LogP contribution in [0.4, 0.5) is 5.69 Å². The Bertz CT molecular complexity index is 1100. The first kappa shape index (κ1) is 25.1. The van der Waals surface area contributed by atoms with E-state index >= 15 is 0 Å². The van der Waals surface area contributed by atoms with Crippen molar-refractivity contribution < 1.29 is 24.2 Å². The first-order valence-electron chi connectivity index (χ1n) is 10.6. The molecule has 1 aliphatic heterocycles. The van der Waals surface area contributed by atoms with E-state index in [0.29, 0.717) is 47.0 Å². The number of amidine groups is 1. The fraction of sp³-hybridized carbons (Fsp3) is 0.292. The fourth-order valence-corrected chi connectivity index (χ4v) is 4.93. The largest absolute Gasteiger partial charge is 0.490 e. The van der Waals surface area contributed by atoms with Gasteiger partial charge >= 0.3 is 5.97 Å². The molecule has 0 aromatic heterocycles. The number of carbonyl (C=O) groups excluding carboxylic acids is 1. The predicted molar refractivity (Wildman–Crippen MR) is 140 cm³/mol. The van der Waals surface area contributed by atoms with Crippen molar-refractivity contribution >= 4 is 63.2 Å². The zero-order chi connectivity index (χ0) is 24.0. The van der Waals surface area contributed by atoms with E-state index in [-0.39, 0.29) is 11.5 Å². The summed E-state index contributed by atoms with van der Waals surface area (Å²) in [7, 11) is 0. The topological polar surface area (TPSA) is 88.4 Å². The Morgan fingerprint density at radius 2 is 1.91 bits per heavy atom. The minimum absolute atomic E-state index is 0.123. The van der Waals surface area contributed by atoms with Gasteiger partial charge in [0.15, 0.2) is 16.7 Å². The summed E-state index contributed by atoms with van der Waals surface area (Å²) in [5.41, 5.74) is 1.61. The number of hydrogen-bond acceptors (Lipinski definition) is 6. The van der Waals surface area contributed by atoms with Crippen LogP contribution in [0.5, 0.6) is 11.5 Å². The van der Waals surface area contributed by atoms with E-state index in [0.717, 1.165) is 15.6 Å². The summed E-state index contributed by atoms with van der Waals surface area (Å²) in [5, 5.41) is 9.62. The molecule has 0 saturated carbocycles. The second-order valence-electron chi connectivity index (χ2n) is 7.02. The van der Waals surface area contributed by atoms with Gasteiger partial charge in [-0.3, -0.25) is 9.69 Å². The smallest absolute Gasteiger partial charge is 0.335 e. The number of carbonyl (C=O) groups is 2. The molecule has 174 valence electrons. The van der Waals surface area contributed by atoms with Crippen LogP contribution in [-0.4, -0.2) is 46.8 Å². The number of aliphatic imine (C=N–C) groups is 1. The van der Waals surface area contributed by atoms with Crippen molar-refractivity contribution in [3.8, 4) is 11.5 Å². The van der Waals surface area contributed by atoms with Crippen molar-refractivity contribution in [1.29, 1.82) is 0 Å². The Kier molecular flexibility index (Phi) is 8.79. The maximum Gasteiger partial charge on any atom is 0.335 e. The molecule has 1 saturated heterocycles. The number of carboxylic acid groups (broad SMARTS) is 1. The summed E-state index contributed by atoms with van der Waals surface area (Å²) in [6, 6.07) is 10.1. The quantitative estimate of drug-likeness (QED) is 0.298. The molecule has 0 spiro atoms. The second-order valence-corrected chi connectivity index (χ2v) is 9.19. The van der Waals surface area contributed by atoms with E-state index in [1.165, 1.54) is 23.9 Å². The van der Waals surface area contributed by atoms with Gasteiger partial charge < -0.3 is 14.6 Å². The van der Waals surface area contributed by atoms with Gasteiger partial charge in [-0.1, -0.05) is 6.92 Å². The van der Waals surface area contributed by atoms with E-state index in [2.05, 4.69) is 27.6 Å². The molecule has 1 heterocycles.